The molecule has 1 fully saturated rings. The maximum absolute atomic E-state index is 12.3. The van der Waals surface area contributed by atoms with Gasteiger partial charge in [0.2, 0.25) is 5.91 Å². The van der Waals surface area contributed by atoms with E-state index in [-0.39, 0.29) is 29.9 Å². The Kier molecular flexibility index (Phi) is 10.1. The Morgan fingerprint density at radius 3 is 2.70 bits per heavy atom. The third-order valence-electron chi connectivity index (χ3n) is 5.28. The minimum Gasteiger partial charge on any atom is -0.356 e. The number of benzene rings is 1. The number of aliphatic imine (C=N–C) groups is 1. The lowest BCUT2D eigenvalue weighted by atomic mass is 10.1. The summed E-state index contributed by atoms with van der Waals surface area (Å²) in [7, 11) is 3.71. The van der Waals surface area contributed by atoms with Crippen LogP contribution in [0, 0.1) is 5.92 Å². The van der Waals surface area contributed by atoms with Crippen molar-refractivity contribution in [3.8, 4) is 0 Å². The smallest absolute Gasteiger partial charge is 0.223 e. The highest BCUT2D eigenvalue weighted by atomic mass is 127. The number of likely N-dealkylation sites (tertiary alicyclic amines) is 1. The summed E-state index contributed by atoms with van der Waals surface area (Å²) in [5, 5.41) is 10.9. The van der Waals surface area contributed by atoms with Crippen molar-refractivity contribution < 1.29 is 4.79 Å². The van der Waals surface area contributed by atoms with E-state index >= 15 is 0 Å². The number of nitrogens with zero attached hydrogens (tertiary/aromatic N) is 4. The highest BCUT2D eigenvalue weighted by Gasteiger charge is 2.29. The Hall–Kier alpha value is -2.10. The number of rotatable bonds is 9. The number of hydrogen-bond donors (Lipinski definition) is 2. The topological polar surface area (TPSA) is 74.5 Å². The van der Waals surface area contributed by atoms with E-state index in [1.165, 1.54) is 11.1 Å². The molecule has 1 aliphatic heterocycles. The molecule has 2 heterocycles. The molecule has 1 unspecified atom stereocenters. The van der Waals surface area contributed by atoms with Gasteiger partial charge in [-0.05, 0) is 30.4 Å². The lowest BCUT2D eigenvalue weighted by Gasteiger charge is -2.18. The van der Waals surface area contributed by atoms with Crippen molar-refractivity contribution in [1.82, 2.24) is 25.3 Å². The highest BCUT2D eigenvalue weighted by Crippen LogP contribution is 2.17. The van der Waals surface area contributed by atoms with E-state index in [1.807, 2.05) is 47.2 Å². The fourth-order valence-corrected chi connectivity index (χ4v) is 3.68. The molecule has 7 nitrogen and oxygen atoms in total. The number of halogens is 1. The number of aryl methyl sites for hydroxylation is 2. The quantitative estimate of drug-likeness (QED) is 0.229. The van der Waals surface area contributed by atoms with E-state index in [9.17, 15) is 4.79 Å². The lowest BCUT2D eigenvalue weighted by Crippen LogP contribution is -2.40. The van der Waals surface area contributed by atoms with Gasteiger partial charge in [0.25, 0.3) is 0 Å². The first-order chi connectivity index (χ1) is 14.1. The summed E-state index contributed by atoms with van der Waals surface area (Å²) in [5.41, 5.74) is 2.52. The van der Waals surface area contributed by atoms with Crippen LogP contribution in [0.2, 0.25) is 0 Å². The van der Waals surface area contributed by atoms with Crippen LogP contribution in [0.5, 0.6) is 0 Å². The zero-order chi connectivity index (χ0) is 20.5. The van der Waals surface area contributed by atoms with Gasteiger partial charge in [-0.1, -0.05) is 30.3 Å². The van der Waals surface area contributed by atoms with Crippen molar-refractivity contribution in [3.63, 3.8) is 0 Å². The van der Waals surface area contributed by atoms with Gasteiger partial charge in [-0.15, -0.1) is 24.0 Å². The van der Waals surface area contributed by atoms with Crippen molar-refractivity contribution in [2.24, 2.45) is 18.0 Å². The molecule has 0 radical (unpaired) electrons. The van der Waals surface area contributed by atoms with Crippen LogP contribution in [0.3, 0.4) is 0 Å². The van der Waals surface area contributed by atoms with Crippen molar-refractivity contribution >= 4 is 35.8 Å². The Bertz CT molecular complexity index is 807. The second kappa shape index (κ2) is 12.6. The van der Waals surface area contributed by atoms with Gasteiger partial charge in [0.15, 0.2) is 5.96 Å². The van der Waals surface area contributed by atoms with Crippen molar-refractivity contribution in [3.05, 3.63) is 53.9 Å². The van der Waals surface area contributed by atoms with Crippen LogP contribution in [0.1, 0.15) is 24.0 Å². The molecule has 164 valence electrons. The molecule has 0 spiro atoms. The molecular formula is C22H33IN6O. The fraction of sp³-hybridized carbons (Fsp3) is 0.500. The predicted octanol–water partition coefficient (Wildman–Crippen LogP) is 2.23. The molecule has 2 aromatic rings. The van der Waals surface area contributed by atoms with Crippen LogP contribution in [0.25, 0.3) is 0 Å². The minimum absolute atomic E-state index is 0. The van der Waals surface area contributed by atoms with Crippen LogP contribution in [0.4, 0.5) is 0 Å². The standard InChI is InChI=1S/C22H32N6O.HI/c1-23-22(24-11-6-9-19-15-26-27(2)16-19)25-14-20-13-21(29)28(17-20)12-10-18-7-4-3-5-8-18;/h3-5,7-8,15-16,20H,6,9-14,17H2,1-2H3,(H2,23,24,25);1H. The molecule has 1 saturated heterocycles. The van der Waals surface area contributed by atoms with Crippen LogP contribution in [-0.2, 0) is 24.7 Å². The monoisotopic (exact) mass is 524 g/mol. The number of amides is 1. The normalized spacial score (nSPS) is 16.5. The first-order valence-electron chi connectivity index (χ1n) is 10.4. The molecular weight excluding hydrogens is 491 g/mol. The highest BCUT2D eigenvalue weighted by molar-refractivity contribution is 14.0. The lowest BCUT2D eigenvalue weighted by molar-refractivity contribution is -0.127. The van der Waals surface area contributed by atoms with Crippen LogP contribution < -0.4 is 10.6 Å². The summed E-state index contributed by atoms with van der Waals surface area (Å²) in [4.78, 5) is 18.6. The van der Waals surface area contributed by atoms with Gasteiger partial charge in [0, 0.05) is 58.8 Å². The molecule has 1 atom stereocenters. The second-order valence-electron chi connectivity index (χ2n) is 7.65. The average molecular weight is 524 g/mol. The number of guanidine groups is 1. The molecule has 0 bridgehead atoms. The molecule has 8 heteroatoms. The van der Waals surface area contributed by atoms with Gasteiger partial charge in [-0.2, -0.15) is 5.10 Å². The van der Waals surface area contributed by atoms with Crippen LogP contribution >= 0.6 is 24.0 Å². The maximum Gasteiger partial charge on any atom is 0.223 e. The van der Waals surface area contributed by atoms with E-state index in [0.717, 1.165) is 51.4 Å². The molecule has 0 saturated carbocycles. The zero-order valence-electron chi connectivity index (χ0n) is 17.9. The summed E-state index contributed by atoms with van der Waals surface area (Å²) in [6, 6.07) is 10.3. The van der Waals surface area contributed by atoms with Crippen LogP contribution in [0.15, 0.2) is 47.7 Å². The minimum atomic E-state index is 0. The molecule has 1 amide bonds. The summed E-state index contributed by atoms with van der Waals surface area (Å²) < 4.78 is 1.83. The Labute approximate surface area is 196 Å². The predicted molar refractivity (Wildman–Crippen MR) is 131 cm³/mol. The van der Waals surface area contributed by atoms with E-state index in [2.05, 4.69) is 32.9 Å². The van der Waals surface area contributed by atoms with Gasteiger partial charge in [-0.25, -0.2) is 0 Å². The SMILES string of the molecule is CN=C(NCCCc1cnn(C)c1)NCC1CC(=O)N(CCc2ccccc2)C1.I. The summed E-state index contributed by atoms with van der Waals surface area (Å²) in [5.74, 6) is 1.38. The van der Waals surface area contributed by atoms with E-state index in [4.69, 9.17) is 0 Å². The number of aromatic nitrogens is 2. The van der Waals surface area contributed by atoms with E-state index in [1.54, 1.807) is 7.05 Å². The fourth-order valence-electron chi connectivity index (χ4n) is 3.68. The first kappa shape index (κ1) is 24.2. The Balaban J connectivity index is 0.00000320. The molecule has 3 rings (SSSR count). The molecule has 1 aliphatic rings. The summed E-state index contributed by atoms with van der Waals surface area (Å²) >= 11 is 0. The number of carbonyl (C=O) groups is 1. The van der Waals surface area contributed by atoms with Gasteiger partial charge in [-0.3, -0.25) is 14.5 Å². The average Bonchev–Trinajstić information content (AvgIpc) is 3.31. The van der Waals surface area contributed by atoms with Gasteiger partial charge in [0.1, 0.15) is 0 Å². The van der Waals surface area contributed by atoms with Gasteiger partial charge >= 0.3 is 0 Å². The van der Waals surface area contributed by atoms with Crippen molar-refractivity contribution in [2.45, 2.75) is 25.7 Å². The first-order valence-corrected chi connectivity index (χ1v) is 10.4. The Morgan fingerprint density at radius 1 is 1.20 bits per heavy atom. The van der Waals surface area contributed by atoms with Gasteiger partial charge in [0.05, 0.1) is 6.20 Å². The summed E-state index contributed by atoms with van der Waals surface area (Å²) in [6.45, 7) is 3.22. The van der Waals surface area contributed by atoms with E-state index in [0.29, 0.717) is 12.3 Å². The second-order valence-corrected chi connectivity index (χ2v) is 7.65. The molecule has 30 heavy (non-hydrogen) atoms. The number of nitrogens with one attached hydrogen (secondary N) is 2. The number of carbonyl (C=O) groups excluding carboxylic acids is 1. The molecule has 2 N–H and O–H groups in total. The Morgan fingerprint density at radius 2 is 2.00 bits per heavy atom. The third kappa shape index (κ3) is 7.62. The summed E-state index contributed by atoms with van der Waals surface area (Å²) in [6.07, 6.45) is 7.49. The van der Waals surface area contributed by atoms with Crippen molar-refractivity contribution in [2.75, 3.05) is 33.2 Å². The molecule has 1 aromatic heterocycles. The third-order valence-corrected chi connectivity index (χ3v) is 5.28. The van der Waals surface area contributed by atoms with Crippen molar-refractivity contribution in [1.29, 1.82) is 0 Å². The van der Waals surface area contributed by atoms with E-state index < -0.39 is 0 Å². The maximum atomic E-state index is 12.3. The zero-order valence-corrected chi connectivity index (χ0v) is 20.2. The largest absolute Gasteiger partial charge is 0.356 e. The van der Waals surface area contributed by atoms with Crippen LogP contribution in [-0.4, -0.2) is 59.8 Å². The van der Waals surface area contributed by atoms with Gasteiger partial charge < -0.3 is 15.5 Å². The molecule has 1 aromatic carbocycles. The number of hydrogen-bond acceptors (Lipinski definition) is 3. The molecule has 0 aliphatic carbocycles.